The lowest BCUT2D eigenvalue weighted by atomic mass is 10.2. The summed E-state index contributed by atoms with van der Waals surface area (Å²) >= 11 is 12.0. The van der Waals surface area contributed by atoms with Gasteiger partial charge >= 0.3 is 6.01 Å². The van der Waals surface area contributed by atoms with Crippen LogP contribution < -0.4 is 4.74 Å². The van der Waals surface area contributed by atoms with E-state index in [9.17, 15) is 8.42 Å². The number of nitrogens with zero attached hydrogens (tertiary/aromatic N) is 3. The van der Waals surface area contributed by atoms with Gasteiger partial charge in [-0.05, 0) is 32.0 Å². The van der Waals surface area contributed by atoms with Gasteiger partial charge in [-0.3, -0.25) is 0 Å². The van der Waals surface area contributed by atoms with E-state index in [-0.39, 0.29) is 22.6 Å². The summed E-state index contributed by atoms with van der Waals surface area (Å²) in [5.74, 6) is -0.0258. The average Bonchev–Trinajstić information content (AvgIpc) is 2.84. The van der Waals surface area contributed by atoms with Gasteiger partial charge in [-0.15, -0.1) is 4.09 Å². The average molecular weight is 350 g/mol. The molecule has 0 saturated carbocycles. The molecular formula is C12H13Cl2N3O3S. The van der Waals surface area contributed by atoms with Crippen LogP contribution in [0.2, 0.25) is 10.0 Å². The molecule has 0 aliphatic heterocycles. The number of ether oxygens (including phenoxy) is 1. The molecule has 0 saturated heterocycles. The third-order valence-corrected chi connectivity index (χ3v) is 4.69. The van der Waals surface area contributed by atoms with Crippen molar-refractivity contribution < 1.29 is 13.2 Å². The third-order valence-electron chi connectivity index (χ3n) is 2.63. The molecule has 2 rings (SSSR count). The number of halogens is 2. The first-order valence-corrected chi connectivity index (χ1v) is 8.54. The number of hydrogen-bond acceptors (Lipinski definition) is 5. The van der Waals surface area contributed by atoms with Crippen molar-refractivity contribution in [1.29, 1.82) is 0 Å². The zero-order valence-corrected chi connectivity index (χ0v) is 13.7. The van der Waals surface area contributed by atoms with E-state index in [0.29, 0.717) is 17.2 Å². The number of aromatic nitrogens is 3. The van der Waals surface area contributed by atoms with Gasteiger partial charge < -0.3 is 4.74 Å². The highest BCUT2D eigenvalue weighted by molar-refractivity contribution is 7.89. The molecule has 1 heterocycles. The minimum absolute atomic E-state index is 0.0180. The van der Waals surface area contributed by atoms with Gasteiger partial charge in [0.15, 0.2) is 5.82 Å². The second-order valence-electron chi connectivity index (χ2n) is 4.02. The van der Waals surface area contributed by atoms with Crippen molar-refractivity contribution in [3.05, 3.63) is 28.2 Å². The lowest BCUT2D eigenvalue weighted by Gasteiger charge is -2.06. The van der Waals surface area contributed by atoms with E-state index in [4.69, 9.17) is 27.9 Å². The molecule has 0 unspecified atom stereocenters. The Morgan fingerprint density at radius 1 is 1.29 bits per heavy atom. The first kappa shape index (κ1) is 16.1. The first-order valence-electron chi connectivity index (χ1n) is 6.17. The van der Waals surface area contributed by atoms with Crippen LogP contribution in [0.5, 0.6) is 6.01 Å². The second kappa shape index (κ2) is 6.21. The van der Waals surface area contributed by atoms with E-state index >= 15 is 0 Å². The number of rotatable bonds is 5. The van der Waals surface area contributed by atoms with Gasteiger partial charge in [0.25, 0.3) is 10.0 Å². The van der Waals surface area contributed by atoms with Gasteiger partial charge in [0.05, 0.1) is 17.4 Å². The molecular weight excluding hydrogens is 337 g/mol. The van der Waals surface area contributed by atoms with Gasteiger partial charge in [-0.25, -0.2) is 8.42 Å². The van der Waals surface area contributed by atoms with Gasteiger partial charge in [-0.1, -0.05) is 28.3 Å². The topological polar surface area (TPSA) is 74.1 Å². The molecule has 0 amide bonds. The summed E-state index contributed by atoms with van der Waals surface area (Å²) in [7, 11) is -3.63. The van der Waals surface area contributed by atoms with Crippen molar-refractivity contribution in [1.82, 2.24) is 14.2 Å². The van der Waals surface area contributed by atoms with Crippen molar-refractivity contribution in [2.24, 2.45) is 0 Å². The van der Waals surface area contributed by atoms with Crippen LogP contribution in [0.3, 0.4) is 0 Å². The van der Waals surface area contributed by atoms with Crippen LogP contribution in [0.25, 0.3) is 11.4 Å². The fourth-order valence-electron chi connectivity index (χ4n) is 1.62. The predicted molar refractivity (Wildman–Crippen MR) is 81.5 cm³/mol. The van der Waals surface area contributed by atoms with Gasteiger partial charge in [-0.2, -0.15) is 4.98 Å². The van der Waals surface area contributed by atoms with Gasteiger partial charge in [0, 0.05) is 10.6 Å². The summed E-state index contributed by atoms with van der Waals surface area (Å²) in [6.07, 6.45) is 0. The van der Waals surface area contributed by atoms with E-state index in [1.165, 1.54) is 13.0 Å². The molecule has 0 bridgehead atoms. The standard InChI is InChI=1S/C12H13Cl2N3O3S/c1-3-20-12-15-11(17(16-12)21(18,19)4-2)9-6-5-8(13)7-10(9)14/h5-7H,3-4H2,1-2H3. The molecule has 114 valence electrons. The highest BCUT2D eigenvalue weighted by atomic mass is 35.5. The van der Waals surface area contributed by atoms with Crippen LogP contribution in [-0.4, -0.2) is 34.9 Å². The Kier molecular flexibility index (Phi) is 4.75. The molecule has 0 N–H and O–H groups in total. The smallest absolute Gasteiger partial charge is 0.337 e. The summed E-state index contributed by atoms with van der Waals surface area (Å²) in [6.45, 7) is 3.60. The Morgan fingerprint density at radius 2 is 2.00 bits per heavy atom. The Labute approximate surface area is 132 Å². The number of hydrogen-bond donors (Lipinski definition) is 0. The van der Waals surface area contributed by atoms with Crippen molar-refractivity contribution >= 4 is 33.2 Å². The van der Waals surface area contributed by atoms with Crippen molar-refractivity contribution in [3.63, 3.8) is 0 Å². The Balaban J connectivity index is 2.66. The normalized spacial score (nSPS) is 11.6. The summed E-state index contributed by atoms with van der Waals surface area (Å²) in [5, 5.41) is 4.61. The quantitative estimate of drug-likeness (QED) is 0.829. The summed E-state index contributed by atoms with van der Waals surface area (Å²) in [4.78, 5) is 4.10. The lowest BCUT2D eigenvalue weighted by Crippen LogP contribution is -2.17. The molecule has 0 radical (unpaired) electrons. The third kappa shape index (κ3) is 3.30. The Morgan fingerprint density at radius 3 is 2.57 bits per heavy atom. The highest BCUT2D eigenvalue weighted by Gasteiger charge is 2.23. The molecule has 0 spiro atoms. The van der Waals surface area contributed by atoms with Crippen LogP contribution in [-0.2, 0) is 10.0 Å². The SMILES string of the molecule is CCOc1nc(-c2ccc(Cl)cc2Cl)n(S(=O)(=O)CC)n1. The number of benzene rings is 1. The van der Waals surface area contributed by atoms with Gasteiger partial charge in [0.2, 0.25) is 0 Å². The minimum Gasteiger partial charge on any atom is -0.463 e. The zero-order valence-electron chi connectivity index (χ0n) is 11.4. The summed E-state index contributed by atoms with van der Waals surface area (Å²) < 4.78 is 30.3. The molecule has 21 heavy (non-hydrogen) atoms. The Bertz CT molecular complexity index is 759. The maximum Gasteiger partial charge on any atom is 0.337 e. The van der Waals surface area contributed by atoms with Crippen LogP contribution in [0.4, 0.5) is 0 Å². The largest absolute Gasteiger partial charge is 0.463 e. The fourth-order valence-corrected chi connectivity index (χ4v) is 2.96. The van der Waals surface area contributed by atoms with Gasteiger partial charge in [0.1, 0.15) is 0 Å². The molecule has 0 aliphatic rings. The molecule has 0 aliphatic carbocycles. The lowest BCUT2D eigenvalue weighted by molar-refractivity contribution is 0.313. The molecule has 0 atom stereocenters. The molecule has 1 aromatic carbocycles. The highest BCUT2D eigenvalue weighted by Crippen LogP contribution is 2.30. The van der Waals surface area contributed by atoms with Crippen LogP contribution in [0.1, 0.15) is 13.8 Å². The summed E-state index contributed by atoms with van der Waals surface area (Å²) in [5.41, 5.74) is 0.413. The maximum atomic E-state index is 12.1. The monoisotopic (exact) mass is 349 g/mol. The minimum atomic E-state index is -3.63. The molecule has 2 aromatic rings. The van der Waals surface area contributed by atoms with Crippen molar-refractivity contribution in [2.45, 2.75) is 13.8 Å². The van der Waals surface area contributed by atoms with Crippen LogP contribution in [0, 0.1) is 0 Å². The zero-order chi connectivity index (χ0) is 15.6. The van der Waals surface area contributed by atoms with E-state index in [0.717, 1.165) is 4.09 Å². The molecule has 1 aromatic heterocycles. The maximum absolute atomic E-state index is 12.1. The van der Waals surface area contributed by atoms with Crippen LogP contribution in [0.15, 0.2) is 18.2 Å². The van der Waals surface area contributed by atoms with Crippen LogP contribution >= 0.6 is 23.2 Å². The fraction of sp³-hybridized carbons (Fsp3) is 0.333. The van der Waals surface area contributed by atoms with E-state index in [1.807, 2.05) is 0 Å². The van der Waals surface area contributed by atoms with Crippen molar-refractivity contribution in [3.8, 4) is 17.4 Å². The second-order valence-corrected chi connectivity index (χ2v) is 6.95. The predicted octanol–water partition coefficient (Wildman–Crippen LogP) is 2.85. The Hall–Kier alpha value is -1.31. The van der Waals surface area contributed by atoms with E-state index < -0.39 is 10.0 Å². The van der Waals surface area contributed by atoms with E-state index in [2.05, 4.69) is 10.1 Å². The summed E-state index contributed by atoms with van der Waals surface area (Å²) in [6, 6.07) is 4.68. The van der Waals surface area contributed by atoms with Crippen molar-refractivity contribution in [2.75, 3.05) is 12.4 Å². The first-order chi connectivity index (χ1) is 9.89. The molecule has 6 nitrogen and oxygen atoms in total. The van der Waals surface area contributed by atoms with E-state index in [1.54, 1.807) is 19.1 Å². The molecule has 0 fully saturated rings. The molecule has 9 heteroatoms.